The molecule has 0 fully saturated rings. The number of rotatable bonds is 24. The van der Waals surface area contributed by atoms with E-state index in [4.69, 9.17) is 70.1 Å². The van der Waals surface area contributed by atoms with E-state index >= 15 is 0 Å². The Bertz CT molecular complexity index is 2710. The number of carbonyl (C=O) groups is 2. The number of alkyl halides is 1. The number of carboxylic acids is 1. The third-order valence-corrected chi connectivity index (χ3v) is 17.0. The summed E-state index contributed by atoms with van der Waals surface area (Å²) in [6.45, 7) is 8.17. The fourth-order valence-electron chi connectivity index (χ4n) is 11.0. The zero-order valence-corrected chi connectivity index (χ0v) is 43.3. The van der Waals surface area contributed by atoms with Crippen LogP contribution in [0.5, 0.6) is 11.5 Å². The van der Waals surface area contributed by atoms with Gasteiger partial charge in [-0.3, -0.25) is 4.79 Å². The van der Waals surface area contributed by atoms with E-state index in [0.29, 0.717) is 68.9 Å². The van der Waals surface area contributed by atoms with Crippen LogP contribution < -0.4 is 24.8 Å². The molecule has 0 unspecified atom stereocenters. The number of carboxylic acid groups (broad SMARTS) is 1. The van der Waals surface area contributed by atoms with E-state index in [1.807, 2.05) is 0 Å². The molecule has 15 heteroatoms. The lowest BCUT2D eigenvalue weighted by molar-refractivity contribution is -0.117. The summed E-state index contributed by atoms with van der Waals surface area (Å²) in [5, 5.41) is 15.3. The number of benzene rings is 4. The average molecular weight is 1040 g/mol. The lowest BCUT2D eigenvalue weighted by Crippen LogP contribution is -2.41. The lowest BCUT2D eigenvalue weighted by Gasteiger charge is -2.38. The van der Waals surface area contributed by atoms with Crippen LogP contribution in [0.25, 0.3) is 16.3 Å². The van der Waals surface area contributed by atoms with Gasteiger partial charge in [0.1, 0.15) is 30.4 Å². The zero-order valence-electron chi connectivity index (χ0n) is 39.4. The highest BCUT2D eigenvalue weighted by Crippen LogP contribution is 2.52. The number of halogens is 4. The molecule has 0 saturated carbocycles. The van der Waals surface area contributed by atoms with Gasteiger partial charge in [-0.1, -0.05) is 53.7 Å². The molecule has 1 N–H and O–H groups in total. The maximum atomic E-state index is 13.5. The van der Waals surface area contributed by atoms with Crippen LogP contribution in [0.4, 0.5) is 5.69 Å². The number of fused-ring (bicyclic) bond motifs is 6. The van der Waals surface area contributed by atoms with Crippen LogP contribution in [-0.2, 0) is 49.4 Å². The molecule has 0 atom stereocenters. The summed E-state index contributed by atoms with van der Waals surface area (Å²) in [5.41, 5.74) is 8.00. The standard InChI is InChI=1S/C54H62Cl4N2O8S/c55-18-4-1-2-6-23-64-25-27-66-29-30-67-28-26-65-24-10-13-36(61)33-69-53-47(57)44(45(54(62)63)46(56)48(53)58)43-39-17-16-37-38-14-8-21-60-20-7-12-35(49(38)60)31-41(37)51(39)68-52-40-15-9-22-59-19-5-3-11-34(50(40)59)32-42(43)52/h16-17,31-32H,1-15,18-30,33H2/p+1. The van der Waals surface area contributed by atoms with Crippen molar-refractivity contribution >= 4 is 92.0 Å². The second kappa shape index (κ2) is 24.1. The molecule has 4 aromatic rings. The van der Waals surface area contributed by atoms with Gasteiger partial charge < -0.3 is 33.7 Å². The molecule has 9 rings (SSSR count). The number of ether oxygens (including phenoxy) is 5. The van der Waals surface area contributed by atoms with Gasteiger partial charge in [-0.15, -0.1) is 23.4 Å². The maximum absolute atomic E-state index is 13.5. The molecule has 5 aliphatic heterocycles. The van der Waals surface area contributed by atoms with Gasteiger partial charge in [-0.25, -0.2) is 9.37 Å². The minimum atomic E-state index is -1.24. The molecule has 0 radical (unpaired) electrons. The van der Waals surface area contributed by atoms with Crippen LogP contribution in [0.15, 0.2) is 29.2 Å². The summed E-state index contributed by atoms with van der Waals surface area (Å²) in [5.74, 6) is 0.995. The Morgan fingerprint density at radius 3 is 2.13 bits per heavy atom. The SMILES string of the molecule is O=C(CCCOCCOCCOCCOCCCCCCCl)CSc1c(Cl)c(Cl)c(C(=O)O)c(C2=c3cc4c5c(c3Oc3c2ccc2c6c7c(cc32)CCCN7CCC6)CCC[N+]=5CCCC4)c1Cl. The van der Waals surface area contributed by atoms with Gasteiger partial charge in [0.05, 0.1) is 71.6 Å². The first-order chi connectivity index (χ1) is 33.8. The largest absolute Gasteiger partial charge is 0.478 e. The van der Waals surface area contributed by atoms with E-state index in [1.54, 1.807) is 0 Å². The second-order valence-corrected chi connectivity index (χ2v) is 21.2. The van der Waals surface area contributed by atoms with Gasteiger partial charge in [0.2, 0.25) is 5.36 Å². The van der Waals surface area contributed by atoms with E-state index < -0.39 is 5.97 Å². The Hall–Kier alpha value is -3.10. The van der Waals surface area contributed by atoms with E-state index in [2.05, 4.69) is 33.7 Å². The smallest absolute Gasteiger partial charge is 0.337 e. The number of hydrogen-bond donors (Lipinski definition) is 1. The van der Waals surface area contributed by atoms with Crippen LogP contribution in [0, 0.1) is 0 Å². The Morgan fingerprint density at radius 1 is 0.696 bits per heavy atom. The van der Waals surface area contributed by atoms with Crippen molar-refractivity contribution in [3.63, 3.8) is 0 Å². The molecular formula is C54H63Cl4N2O8S+. The molecule has 0 bridgehead atoms. The Kier molecular flexibility index (Phi) is 17.7. The summed E-state index contributed by atoms with van der Waals surface area (Å²) in [6.07, 6.45) is 14.3. The Labute approximate surface area is 429 Å². The average Bonchev–Trinajstić information content (AvgIpc) is 3.57. The monoisotopic (exact) mass is 1040 g/mol. The number of hydrogen-bond acceptors (Lipinski definition) is 9. The predicted molar refractivity (Wildman–Crippen MR) is 278 cm³/mol. The first-order valence-corrected chi connectivity index (χ1v) is 27.7. The molecule has 0 spiro atoms. The third-order valence-electron chi connectivity index (χ3n) is 14.1. The van der Waals surface area contributed by atoms with Crippen molar-refractivity contribution in [2.75, 3.05) is 95.6 Å². The first kappa shape index (κ1) is 50.8. The first-order valence-electron chi connectivity index (χ1n) is 25.1. The van der Waals surface area contributed by atoms with Crippen LogP contribution in [0.1, 0.15) is 114 Å². The van der Waals surface area contributed by atoms with Crippen molar-refractivity contribution in [1.29, 1.82) is 0 Å². The van der Waals surface area contributed by atoms with Gasteiger partial charge in [0.15, 0.2) is 0 Å². The van der Waals surface area contributed by atoms with Crippen molar-refractivity contribution < 1.29 is 38.4 Å². The quantitative estimate of drug-likeness (QED) is 0.0211. The fourth-order valence-corrected chi connectivity index (χ4v) is 13.2. The lowest BCUT2D eigenvalue weighted by atomic mass is 9.83. The summed E-state index contributed by atoms with van der Waals surface area (Å²) in [7, 11) is 0. The normalized spacial score (nSPS) is 15.9. The van der Waals surface area contributed by atoms with Crippen molar-refractivity contribution in [1.82, 2.24) is 4.58 Å². The molecule has 5 aliphatic rings. The Morgan fingerprint density at radius 2 is 1.38 bits per heavy atom. The summed E-state index contributed by atoms with van der Waals surface area (Å²) >= 11 is 28.5. The number of anilines is 1. The molecule has 4 aromatic carbocycles. The molecule has 0 aromatic heterocycles. The van der Waals surface area contributed by atoms with Crippen molar-refractivity contribution in [2.45, 2.75) is 101 Å². The summed E-state index contributed by atoms with van der Waals surface area (Å²) < 4.78 is 32.4. The molecular weight excluding hydrogens is 978 g/mol. The van der Waals surface area contributed by atoms with Crippen LogP contribution in [0.3, 0.4) is 0 Å². The van der Waals surface area contributed by atoms with E-state index in [-0.39, 0.29) is 44.2 Å². The zero-order chi connectivity index (χ0) is 47.9. The van der Waals surface area contributed by atoms with Crippen LogP contribution in [0.2, 0.25) is 15.1 Å². The van der Waals surface area contributed by atoms with Crippen molar-refractivity contribution in [3.8, 4) is 11.5 Å². The molecule has 10 nitrogen and oxygen atoms in total. The number of aromatic carboxylic acids is 1. The van der Waals surface area contributed by atoms with Gasteiger partial charge in [-0.2, -0.15) is 0 Å². The van der Waals surface area contributed by atoms with Crippen LogP contribution in [-0.4, -0.2) is 108 Å². The van der Waals surface area contributed by atoms with E-state index in [1.165, 1.54) is 39.5 Å². The fraction of sp³-hybridized carbons (Fsp3) is 0.537. The highest BCUT2D eigenvalue weighted by Gasteiger charge is 2.37. The predicted octanol–water partition coefficient (Wildman–Crippen LogP) is 10.6. The molecule has 0 aliphatic carbocycles. The number of nitrogens with zero attached hydrogens (tertiary/aromatic N) is 2. The molecule has 370 valence electrons. The van der Waals surface area contributed by atoms with Crippen molar-refractivity contribution in [2.24, 2.45) is 0 Å². The number of Topliss-reactive ketones (excluding diaryl/α,β-unsaturated/α-hetero) is 1. The number of thioether (sulfide) groups is 1. The minimum absolute atomic E-state index is 0.0155. The van der Waals surface area contributed by atoms with Crippen molar-refractivity contribution in [3.05, 3.63) is 88.9 Å². The summed E-state index contributed by atoms with van der Waals surface area (Å²) in [6, 6.07) is 8.80. The second-order valence-electron chi connectivity index (χ2n) is 18.7. The molecule has 5 heterocycles. The van der Waals surface area contributed by atoms with Gasteiger partial charge in [0, 0.05) is 94.9 Å². The van der Waals surface area contributed by atoms with E-state index in [9.17, 15) is 14.7 Å². The molecule has 0 saturated heterocycles. The number of unbranched alkanes of at least 4 members (excludes halogenated alkanes) is 3. The molecule has 0 amide bonds. The highest BCUT2D eigenvalue weighted by molar-refractivity contribution is 8.00. The number of aryl methyl sites for hydroxylation is 3. The highest BCUT2D eigenvalue weighted by atomic mass is 35.5. The van der Waals surface area contributed by atoms with Gasteiger partial charge in [0.25, 0.3) is 0 Å². The van der Waals surface area contributed by atoms with E-state index in [0.717, 1.165) is 155 Å². The van der Waals surface area contributed by atoms with Gasteiger partial charge in [-0.05, 0) is 98.9 Å². The third kappa shape index (κ3) is 11.1. The number of carbonyl (C=O) groups excluding carboxylic acids is 1. The molecule has 69 heavy (non-hydrogen) atoms. The Balaban J connectivity index is 0.939. The minimum Gasteiger partial charge on any atom is -0.478 e. The number of ketones is 1. The summed E-state index contributed by atoms with van der Waals surface area (Å²) in [4.78, 5) is 29.8. The van der Waals surface area contributed by atoms with Gasteiger partial charge >= 0.3 is 5.97 Å². The van der Waals surface area contributed by atoms with Crippen LogP contribution >= 0.6 is 58.2 Å². The topological polar surface area (TPSA) is 107 Å². The maximum Gasteiger partial charge on any atom is 0.337 e.